The lowest BCUT2D eigenvalue weighted by Crippen LogP contribution is -2.30. The normalized spacial score (nSPS) is 31.6. The maximum Gasteiger partial charge on any atom is 0.140 e. The van der Waals surface area contributed by atoms with Crippen molar-refractivity contribution in [2.24, 2.45) is 11.8 Å². The average molecular weight is 220 g/mol. The molecule has 0 bridgehead atoms. The van der Waals surface area contributed by atoms with Crippen LogP contribution in [0.4, 0.5) is 0 Å². The first-order chi connectivity index (χ1) is 7.20. The van der Waals surface area contributed by atoms with E-state index >= 15 is 0 Å². The molecule has 0 saturated carbocycles. The second-order valence-corrected chi connectivity index (χ2v) is 5.43. The van der Waals surface area contributed by atoms with E-state index in [1.165, 1.54) is 5.56 Å². The van der Waals surface area contributed by atoms with Gasteiger partial charge in [0.25, 0.3) is 0 Å². The van der Waals surface area contributed by atoms with E-state index < -0.39 is 0 Å². The standard InChI is InChI=1S/C13H16OS/c1-9-8-15-13(10(2)12(9)14)11-6-4-3-5-7-11/h3-7,9-10,13H,8H2,1-2H3. The predicted octanol–water partition coefficient (Wildman–Crippen LogP) is 3.32. The quantitative estimate of drug-likeness (QED) is 0.722. The summed E-state index contributed by atoms with van der Waals surface area (Å²) < 4.78 is 0. The molecule has 0 spiro atoms. The highest BCUT2D eigenvalue weighted by molar-refractivity contribution is 7.99. The van der Waals surface area contributed by atoms with Crippen molar-refractivity contribution in [2.75, 3.05) is 5.75 Å². The molecule has 0 aliphatic carbocycles. The van der Waals surface area contributed by atoms with Crippen molar-refractivity contribution in [3.63, 3.8) is 0 Å². The molecule has 0 aromatic heterocycles. The number of Topliss-reactive ketones (excluding diaryl/α,β-unsaturated/α-hetero) is 1. The van der Waals surface area contributed by atoms with Crippen molar-refractivity contribution in [1.82, 2.24) is 0 Å². The number of hydrogen-bond acceptors (Lipinski definition) is 2. The van der Waals surface area contributed by atoms with Gasteiger partial charge in [-0.15, -0.1) is 0 Å². The fourth-order valence-electron chi connectivity index (χ4n) is 2.10. The number of ketones is 1. The summed E-state index contributed by atoms with van der Waals surface area (Å²) in [6.45, 7) is 4.09. The van der Waals surface area contributed by atoms with E-state index in [1.807, 2.05) is 36.9 Å². The van der Waals surface area contributed by atoms with Gasteiger partial charge in [-0.1, -0.05) is 44.2 Å². The van der Waals surface area contributed by atoms with E-state index in [9.17, 15) is 4.79 Å². The van der Waals surface area contributed by atoms with Gasteiger partial charge in [0, 0.05) is 22.8 Å². The van der Waals surface area contributed by atoms with Crippen LogP contribution >= 0.6 is 11.8 Å². The van der Waals surface area contributed by atoms with Crippen LogP contribution in [0, 0.1) is 11.8 Å². The molecule has 0 amide bonds. The molecule has 0 radical (unpaired) electrons. The van der Waals surface area contributed by atoms with Crippen LogP contribution < -0.4 is 0 Å². The van der Waals surface area contributed by atoms with E-state index in [2.05, 4.69) is 19.1 Å². The summed E-state index contributed by atoms with van der Waals surface area (Å²) in [4.78, 5) is 11.9. The van der Waals surface area contributed by atoms with Crippen LogP contribution in [0.5, 0.6) is 0 Å². The van der Waals surface area contributed by atoms with Gasteiger partial charge in [0.1, 0.15) is 5.78 Å². The van der Waals surface area contributed by atoms with Crippen molar-refractivity contribution >= 4 is 17.5 Å². The second kappa shape index (κ2) is 4.40. The van der Waals surface area contributed by atoms with Gasteiger partial charge in [0.2, 0.25) is 0 Å². The molecule has 1 fully saturated rings. The molecule has 15 heavy (non-hydrogen) atoms. The molecule has 3 atom stereocenters. The fraction of sp³-hybridized carbons (Fsp3) is 0.462. The third-order valence-electron chi connectivity index (χ3n) is 3.04. The van der Waals surface area contributed by atoms with Crippen molar-refractivity contribution in [2.45, 2.75) is 19.1 Å². The summed E-state index contributed by atoms with van der Waals surface area (Å²) in [5, 5.41) is 0.356. The summed E-state index contributed by atoms with van der Waals surface area (Å²) in [5.74, 6) is 1.76. The Labute approximate surface area is 95.3 Å². The molecule has 3 unspecified atom stereocenters. The summed E-state index contributed by atoms with van der Waals surface area (Å²) >= 11 is 1.92. The van der Waals surface area contributed by atoms with Gasteiger partial charge in [-0.3, -0.25) is 4.79 Å². The first-order valence-corrected chi connectivity index (χ1v) is 6.45. The molecule has 1 saturated heterocycles. The van der Waals surface area contributed by atoms with E-state index in [1.54, 1.807) is 0 Å². The van der Waals surface area contributed by atoms with Gasteiger partial charge in [-0.25, -0.2) is 0 Å². The summed E-state index contributed by atoms with van der Waals surface area (Å²) in [7, 11) is 0. The highest BCUT2D eigenvalue weighted by atomic mass is 32.2. The van der Waals surface area contributed by atoms with Crippen molar-refractivity contribution in [3.8, 4) is 0 Å². The Morgan fingerprint density at radius 1 is 1.20 bits per heavy atom. The van der Waals surface area contributed by atoms with Crippen molar-refractivity contribution in [3.05, 3.63) is 35.9 Å². The lowest BCUT2D eigenvalue weighted by molar-refractivity contribution is -0.125. The second-order valence-electron chi connectivity index (χ2n) is 4.26. The predicted molar refractivity (Wildman–Crippen MR) is 65.0 cm³/mol. The lowest BCUT2D eigenvalue weighted by atomic mass is 9.90. The van der Waals surface area contributed by atoms with Crippen LogP contribution in [0.15, 0.2) is 30.3 Å². The van der Waals surface area contributed by atoms with Gasteiger partial charge >= 0.3 is 0 Å². The maximum absolute atomic E-state index is 11.9. The zero-order valence-corrected chi connectivity index (χ0v) is 9.96. The number of benzene rings is 1. The Hall–Kier alpha value is -0.760. The van der Waals surface area contributed by atoms with Crippen molar-refractivity contribution < 1.29 is 4.79 Å². The third kappa shape index (κ3) is 2.10. The summed E-state index contributed by atoms with van der Waals surface area (Å²) in [6.07, 6.45) is 0. The smallest absolute Gasteiger partial charge is 0.140 e. The summed E-state index contributed by atoms with van der Waals surface area (Å²) in [5.41, 5.74) is 1.29. The maximum atomic E-state index is 11.9. The fourth-order valence-corrected chi connectivity index (χ4v) is 3.53. The molecule has 0 N–H and O–H groups in total. The first kappa shape index (κ1) is 10.7. The van der Waals surface area contributed by atoms with Gasteiger partial charge in [0.05, 0.1) is 0 Å². The topological polar surface area (TPSA) is 17.1 Å². The minimum atomic E-state index is 0.154. The van der Waals surface area contributed by atoms with Crippen molar-refractivity contribution in [1.29, 1.82) is 0 Å². The Balaban J connectivity index is 2.21. The Morgan fingerprint density at radius 3 is 2.53 bits per heavy atom. The average Bonchev–Trinajstić information content (AvgIpc) is 2.27. The molecule has 1 nitrogen and oxygen atoms in total. The SMILES string of the molecule is CC1CSC(c2ccccc2)C(C)C1=O. The van der Waals surface area contributed by atoms with Crippen LogP contribution in [0.25, 0.3) is 0 Å². The lowest BCUT2D eigenvalue weighted by Gasteiger charge is -2.31. The molecule has 1 aliphatic heterocycles. The minimum absolute atomic E-state index is 0.154. The van der Waals surface area contributed by atoms with Crippen LogP contribution in [0.2, 0.25) is 0 Å². The van der Waals surface area contributed by atoms with E-state index in [0.29, 0.717) is 11.0 Å². The Bertz CT molecular complexity index is 347. The van der Waals surface area contributed by atoms with Gasteiger partial charge in [0.15, 0.2) is 0 Å². The van der Waals surface area contributed by atoms with E-state index in [4.69, 9.17) is 0 Å². The van der Waals surface area contributed by atoms with E-state index in [0.717, 1.165) is 5.75 Å². The number of carbonyl (C=O) groups excluding carboxylic acids is 1. The molecular formula is C13H16OS. The Morgan fingerprint density at radius 2 is 1.87 bits per heavy atom. The van der Waals surface area contributed by atoms with Crippen LogP contribution in [0.3, 0.4) is 0 Å². The molecule has 80 valence electrons. The number of hydrogen-bond donors (Lipinski definition) is 0. The first-order valence-electron chi connectivity index (χ1n) is 5.40. The number of rotatable bonds is 1. The number of carbonyl (C=O) groups is 1. The van der Waals surface area contributed by atoms with Gasteiger partial charge in [-0.05, 0) is 5.56 Å². The van der Waals surface area contributed by atoms with Gasteiger partial charge < -0.3 is 0 Å². The molecule has 1 heterocycles. The third-order valence-corrected chi connectivity index (χ3v) is 4.77. The van der Waals surface area contributed by atoms with Gasteiger partial charge in [-0.2, -0.15) is 11.8 Å². The highest BCUT2D eigenvalue weighted by Crippen LogP contribution is 2.42. The Kier molecular flexibility index (Phi) is 3.15. The van der Waals surface area contributed by atoms with Crippen LogP contribution in [0.1, 0.15) is 24.7 Å². The molecule has 1 aliphatic rings. The molecule has 1 aromatic rings. The van der Waals surface area contributed by atoms with Crippen LogP contribution in [-0.2, 0) is 4.79 Å². The zero-order chi connectivity index (χ0) is 10.8. The molecule has 2 heteroatoms. The highest BCUT2D eigenvalue weighted by Gasteiger charge is 2.33. The van der Waals surface area contributed by atoms with Crippen LogP contribution in [-0.4, -0.2) is 11.5 Å². The molecule has 2 rings (SSSR count). The van der Waals surface area contributed by atoms with E-state index in [-0.39, 0.29) is 11.8 Å². The summed E-state index contributed by atoms with van der Waals surface area (Å²) in [6, 6.07) is 10.4. The number of thioether (sulfide) groups is 1. The molecular weight excluding hydrogens is 204 g/mol. The minimum Gasteiger partial charge on any atom is -0.299 e. The largest absolute Gasteiger partial charge is 0.299 e. The monoisotopic (exact) mass is 220 g/mol. The zero-order valence-electron chi connectivity index (χ0n) is 9.14. The molecule has 1 aromatic carbocycles.